The third-order valence-electron chi connectivity index (χ3n) is 3.47. The van der Waals surface area contributed by atoms with E-state index in [0.29, 0.717) is 12.1 Å². The van der Waals surface area contributed by atoms with Crippen LogP contribution in [0.1, 0.15) is 16.8 Å². The van der Waals surface area contributed by atoms with Gasteiger partial charge in [-0.15, -0.1) is 0 Å². The molecule has 0 saturated carbocycles. The minimum absolute atomic E-state index is 0.610. The highest BCUT2D eigenvalue weighted by molar-refractivity contribution is 5.90. The fourth-order valence-corrected chi connectivity index (χ4v) is 2.36. The molecule has 1 N–H and O–H groups in total. The van der Waals surface area contributed by atoms with E-state index in [4.69, 9.17) is 5.26 Å². The minimum Gasteiger partial charge on any atom is -0.379 e. The molecule has 0 saturated heterocycles. The molecule has 0 radical (unpaired) electrons. The van der Waals surface area contributed by atoms with Gasteiger partial charge in [-0.3, -0.25) is 4.98 Å². The van der Waals surface area contributed by atoms with Gasteiger partial charge >= 0.3 is 0 Å². The molecule has 0 spiro atoms. The van der Waals surface area contributed by atoms with Gasteiger partial charge in [0.05, 0.1) is 22.8 Å². The second kappa shape index (κ2) is 5.64. The highest BCUT2D eigenvalue weighted by Gasteiger charge is 2.04. The Labute approximate surface area is 123 Å². The zero-order chi connectivity index (χ0) is 14.7. The number of hydrogen-bond donors (Lipinski definition) is 1. The van der Waals surface area contributed by atoms with Crippen LogP contribution in [0.5, 0.6) is 0 Å². The smallest absolute Gasteiger partial charge is 0.0995 e. The van der Waals surface area contributed by atoms with E-state index in [1.165, 1.54) is 0 Å². The lowest BCUT2D eigenvalue weighted by Gasteiger charge is -2.10. The maximum atomic E-state index is 9.13. The molecule has 0 atom stereocenters. The maximum absolute atomic E-state index is 9.13. The first kappa shape index (κ1) is 13.1. The Balaban J connectivity index is 1.92. The number of anilines is 1. The normalized spacial score (nSPS) is 10.3. The predicted octanol–water partition coefficient (Wildman–Crippen LogP) is 4.03. The number of nitrogens with one attached hydrogen (secondary N) is 1. The summed E-state index contributed by atoms with van der Waals surface area (Å²) in [7, 11) is 0. The Morgan fingerprint density at radius 2 is 1.90 bits per heavy atom. The van der Waals surface area contributed by atoms with E-state index < -0.39 is 0 Å². The fraction of sp³-hybridized carbons (Fsp3) is 0.111. The van der Waals surface area contributed by atoms with Crippen molar-refractivity contribution in [2.24, 2.45) is 0 Å². The van der Waals surface area contributed by atoms with Gasteiger partial charge in [0.25, 0.3) is 0 Å². The van der Waals surface area contributed by atoms with Gasteiger partial charge < -0.3 is 5.32 Å². The van der Waals surface area contributed by atoms with Gasteiger partial charge in [-0.05, 0) is 30.7 Å². The number of nitriles is 1. The van der Waals surface area contributed by atoms with Gasteiger partial charge in [-0.25, -0.2) is 0 Å². The standard InChI is InChI=1S/C18H15N3/c1-13-9-10-14-7-4-8-17(18(14)21-13)20-12-16-6-3-2-5-15(16)11-19/h2-10,20H,12H2,1H3. The van der Waals surface area contributed by atoms with Gasteiger partial charge in [0, 0.05) is 17.6 Å². The Morgan fingerprint density at radius 1 is 1.05 bits per heavy atom. The second-order valence-electron chi connectivity index (χ2n) is 4.95. The summed E-state index contributed by atoms with van der Waals surface area (Å²) in [6.45, 7) is 2.60. The Morgan fingerprint density at radius 3 is 2.76 bits per heavy atom. The van der Waals surface area contributed by atoms with Crippen molar-refractivity contribution in [3.8, 4) is 6.07 Å². The van der Waals surface area contributed by atoms with E-state index in [9.17, 15) is 0 Å². The molecule has 3 rings (SSSR count). The highest BCUT2D eigenvalue weighted by atomic mass is 14.9. The number of nitrogens with zero attached hydrogens (tertiary/aromatic N) is 2. The van der Waals surface area contributed by atoms with Gasteiger partial charge in [-0.1, -0.05) is 36.4 Å². The zero-order valence-corrected chi connectivity index (χ0v) is 11.8. The number of rotatable bonds is 3. The molecular formula is C18H15N3. The van der Waals surface area contributed by atoms with E-state index >= 15 is 0 Å². The summed E-state index contributed by atoms with van der Waals surface area (Å²) in [5.74, 6) is 0. The van der Waals surface area contributed by atoms with E-state index in [2.05, 4.69) is 28.5 Å². The molecule has 0 bridgehead atoms. The number of aryl methyl sites for hydroxylation is 1. The van der Waals surface area contributed by atoms with Crippen LogP contribution in [0.4, 0.5) is 5.69 Å². The molecule has 21 heavy (non-hydrogen) atoms. The summed E-state index contributed by atoms with van der Waals surface area (Å²) in [5, 5.41) is 13.6. The lowest BCUT2D eigenvalue weighted by atomic mass is 10.1. The van der Waals surface area contributed by atoms with Crippen molar-refractivity contribution in [1.29, 1.82) is 5.26 Å². The third-order valence-corrected chi connectivity index (χ3v) is 3.47. The lowest BCUT2D eigenvalue weighted by Crippen LogP contribution is -2.02. The molecule has 0 fully saturated rings. The molecule has 3 nitrogen and oxygen atoms in total. The first-order valence-electron chi connectivity index (χ1n) is 6.86. The summed E-state index contributed by atoms with van der Waals surface area (Å²) in [5.41, 5.74) is 4.64. The van der Waals surface area contributed by atoms with Crippen LogP contribution < -0.4 is 5.32 Å². The number of para-hydroxylation sites is 1. The minimum atomic E-state index is 0.610. The fourth-order valence-electron chi connectivity index (χ4n) is 2.36. The van der Waals surface area contributed by atoms with Crippen molar-refractivity contribution in [3.63, 3.8) is 0 Å². The zero-order valence-electron chi connectivity index (χ0n) is 11.8. The number of fused-ring (bicyclic) bond motifs is 1. The highest BCUT2D eigenvalue weighted by Crippen LogP contribution is 2.22. The Hall–Kier alpha value is -2.86. The van der Waals surface area contributed by atoms with Crippen LogP contribution in [-0.2, 0) is 6.54 Å². The molecule has 1 aromatic heterocycles. The van der Waals surface area contributed by atoms with E-state index in [0.717, 1.165) is 27.8 Å². The van der Waals surface area contributed by atoms with E-state index in [-0.39, 0.29) is 0 Å². The molecule has 2 aromatic carbocycles. The first-order chi connectivity index (χ1) is 10.3. The molecule has 3 heteroatoms. The van der Waals surface area contributed by atoms with Crippen molar-refractivity contribution in [2.75, 3.05) is 5.32 Å². The quantitative estimate of drug-likeness (QED) is 0.783. The Kier molecular flexibility index (Phi) is 3.53. The maximum Gasteiger partial charge on any atom is 0.0995 e. The topological polar surface area (TPSA) is 48.7 Å². The van der Waals surface area contributed by atoms with Crippen molar-refractivity contribution < 1.29 is 0 Å². The van der Waals surface area contributed by atoms with Crippen LogP contribution in [0.25, 0.3) is 10.9 Å². The van der Waals surface area contributed by atoms with Crippen molar-refractivity contribution in [2.45, 2.75) is 13.5 Å². The molecule has 0 amide bonds. The molecule has 0 aliphatic heterocycles. The molecule has 102 valence electrons. The van der Waals surface area contributed by atoms with Gasteiger partial charge in [0.1, 0.15) is 0 Å². The summed E-state index contributed by atoms with van der Waals surface area (Å²) < 4.78 is 0. The molecule has 1 heterocycles. The summed E-state index contributed by atoms with van der Waals surface area (Å²) in [4.78, 5) is 4.60. The number of aromatic nitrogens is 1. The lowest BCUT2D eigenvalue weighted by molar-refractivity contribution is 1.13. The first-order valence-corrected chi connectivity index (χ1v) is 6.86. The van der Waals surface area contributed by atoms with Gasteiger partial charge in [-0.2, -0.15) is 5.26 Å². The molecule has 0 unspecified atom stereocenters. The molecule has 0 aliphatic carbocycles. The Bertz CT molecular complexity index is 831. The summed E-state index contributed by atoms with van der Waals surface area (Å²) >= 11 is 0. The van der Waals surface area contributed by atoms with Crippen molar-refractivity contribution in [3.05, 3.63) is 71.4 Å². The van der Waals surface area contributed by atoms with Crippen LogP contribution in [0, 0.1) is 18.3 Å². The van der Waals surface area contributed by atoms with Crippen LogP contribution in [0.15, 0.2) is 54.6 Å². The van der Waals surface area contributed by atoms with Gasteiger partial charge in [0.2, 0.25) is 0 Å². The second-order valence-corrected chi connectivity index (χ2v) is 4.95. The predicted molar refractivity (Wildman–Crippen MR) is 85.0 cm³/mol. The number of benzene rings is 2. The largest absolute Gasteiger partial charge is 0.379 e. The number of hydrogen-bond acceptors (Lipinski definition) is 3. The van der Waals surface area contributed by atoms with Crippen LogP contribution in [0.2, 0.25) is 0 Å². The number of pyridine rings is 1. The van der Waals surface area contributed by atoms with Gasteiger partial charge in [0.15, 0.2) is 0 Å². The van der Waals surface area contributed by atoms with Crippen LogP contribution in [-0.4, -0.2) is 4.98 Å². The van der Waals surface area contributed by atoms with E-state index in [1.807, 2.05) is 49.4 Å². The average Bonchev–Trinajstić information content (AvgIpc) is 2.53. The average molecular weight is 273 g/mol. The van der Waals surface area contributed by atoms with E-state index in [1.54, 1.807) is 0 Å². The molecule has 3 aromatic rings. The van der Waals surface area contributed by atoms with Crippen LogP contribution >= 0.6 is 0 Å². The third kappa shape index (κ3) is 2.70. The van der Waals surface area contributed by atoms with Crippen LogP contribution in [0.3, 0.4) is 0 Å². The molecular weight excluding hydrogens is 258 g/mol. The van der Waals surface area contributed by atoms with Crippen molar-refractivity contribution in [1.82, 2.24) is 4.98 Å². The summed E-state index contributed by atoms with van der Waals surface area (Å²) in [6.07, 6.45) is 0. The summed E-state index contributed by atoms with van der Waals surface area (Å²) in [6, 6.07) is 20.0. The van der Waals surface area contributed by atoms with Crippen molar-refractivity contribution >= 4 is 16.6 Å². The molecule has 0 aliphatic rings. The monoisotopic (exact) mass is 273 g/mol. The SMILES string of the molecule is Cc1ccc2cccc(NCc3ccccc3C#N)c2n1.